The highest BCUT2D eigenvalue weighted by molar-refractivity contribution is 5.86. The molecule has 4 saturated carbocycles. The summed E-state index contributed by atoms with van der Waals surface area (Å²) >= 11 is 0. The Kier molecular flexibility index (Phi) is 3.97. The van der Waals surface area contributed by atoms with Crippen LogP contribution in [0.5, 0.6) is 0 Å². The fourth-order valence-corrected chi connectivity index (χ4v) is 7.87. The Morgan fingerprint density at radius 2 is 1.60 bits per heavy atom. The quantitative estimate of drug-likeness (QED) is 0.679. The van der Waals surface area contributed by atoms with Gasteiger partial charge < -0.3 is 15.3 Å². The van der Waals surface area contributed by atoms with Gasteiger partial charge in [0.1, 0.15) is 5.60 Å². The predicted molar refractivity (Wildman–Crippen MR) is 94.8 cm³/mol. The fourth-order valence-electron chi connectivity index (χ4n) is 7.87. The molecule has 3 N–H and O–H groups in total. The van der Waals surface area contributed by atoms with E-state index in [1.54, 1.807) is 0 Å². The van der Waals surface area contributed by atoms with Gasteiger partial charge in [-0.1, -0.05) is 13.8 Å². The minimum Gasteiger partial charge on any atom is -0.393 e. The Morgan fingerprint density at radius 3 is 2.28 bits per heavy atom. The molecule has 0 aromatic heterocycles. The minimum atomic E-state index is -1.19. The number of ketones is 1. The molecule has 9 atom stereocenters. The zero-order valence-electron chi connectivity index (χ0n) is 15.9. The zero-order chi connectivity index (χ0) is 18.2. The molecule has 142 valence electrons. The van der Waals surface area contributed by atoms with Crippen molar-refractivity contribution in [3.63, 3.8) is 0 Å². The maximum Gasteiger partial charge on any atom is 0.161 e. The number of fused-ring (bicyclic) bond motifs is 5. The van der Waals surface area contributed by atoms with Crippen LogP contribution in [0.3, 0.4) is 0 Å². The third-order valence-electron chi connectivity index (χ3n) is 9.39. The average Bonchev–Trinajstić information content (AvgIpc) is 2.83. The number of carbonyl (C=O) groups is 1. The lowest BCUT2D eigenvalue weighted by Crippen LogP contribution is -2.61. The van der Waals surface area contributed by atoms with E-state index in [2.05, 4.69) is 13.8 Å². The van der Waals surface area contributed by atoms with Gasteiger partial charge in [-0.05, 0) is 87.4 Å². The summed E-state index contributed by atoms with van der Waals surface area (Å²) < 4.78 is 0. The minimum absolute atomic E-state index is 0.0832. The highest BCUT2D eigenvalue weighted by Crippen LogP contribution is 2.68. The first-order valence-corrected chi connectivity index (χ1v) is 10.2. The van der Waals surface area contributed by atoms with Gasteiger partial charge in [-0.2, -0.15) is 0 Å². The molecular formula is C21H34O4. The van der Waals surface area contributed by atoms with Crippen molar-refractivity contribution in [3.05, 3.63) is 0 Å². The molecule has 25 heavy (non-hydrogen) atoms. The summed E-state index contributed by atoms with van der Waals surface area (Å²) in [6.07, 6.45) is 6.07. The molecule has 0 aromatic carbocycles. The van der Waals surface area contributed by atoms with Gasteiger partial charge in [0, 0.05) is 5.41 Å². The third kappa shape index (κ3) is 2.20. The van der Waals surface area contributed by atoms with Gasteiger partial charge >= 0.3 is 0 Å². The van der Waals surface area contributed by atoms with Crippen molar-refractivity contribution in [1.29, 1.82) is 0 Å². The predicted octanol–water partition coefficient (Wildman–Crippen LogP) is 2.68. The van der Waals surface area contributed by atoms with Crippen molar-refractivity contribution in [2.24, 2.45) is 34.5 Å². The van der Waals surface area contributed by atoms with Gasteiger partial charge in [0.05, 0.1) is 12.2 Å². The van der Waals surface area contributed by atoms with Crippen molar-refractivity contribution < 1.29 is 20.1 Å². The number of Topliss-reactive ketones (excluding diaryl/α,β-unsaturated/α-hetero) is 1. The molecule has 0 radical (unpaired) electrons. The molecule has 4 nitrogen and oxygen atoms in total. The summed E-state index contributed by atoms with van der Waals surface area (Å²) in [4.78, 5) is 12.3. The van der Waals surface area contributed by atoms with E-state index in [0.717, 1.165) is 44.9 Å². The van der Waals surface area contributed by atoms with Gasteiger partial charge in [-0.3, -0.25) is 4.79 Å². The lowest BCUT2D eigenvalue weighted by atomic mass is 9.43. The van der Waals surface area contributed by atoms with Crippen LogP contribution in [0.15, 0.2) is 0 Å². The first-order valence-electron chi connectivity index (χ1n) is 10.2. The molecule has 0 spiro atoms. The number of rotatable bonds is 1. The molecule has 0 amide bonds. The summed E-state index contributed by atoms with van der Waals surface area (Å²) in [7, 11) is 0. The Morgan fingerprint density at radius 1 is 0.920 bits per heavy atom. The molecule has 4 rings (SSSR count). The number of carbonyl (C=O) groups excluding carboxylic acids is 1. The second-order valence-corrected chi connectivity index (χ2v) is 10.1. The molecule has 0 bridgehead atoms. The summed E-state index contributed by atoms with van der Waals surface area (Å²) in [6.45, 7) is 5.99. The maximum absolute atomic E-state index is 12.3. The monoisotopic (exact) mass is 350 g/mol. The summed E-state index contributed by atoms with van der Waals surface area (Å²) in [5.74, 6) is 1.35. The van der Waals surface area contributed by atoms with Crippen molar-refractivity contribution in [2.75, 3.05) is 0 Å². The van der Waals surface area contributed by atoms with Crippen LogP contribution in [0.25, 0.3) is 0 Å². The molecule has 4 aliphatic carbocycles. The van der Waals surface area contributed by atoms with E-state index in [9.17, 15) is 20.1 Å². The van der Waals surface area contributed by atoms with Gasteiger partial charge in [0.15, 0.2) is 5.78 Å². The van der Waals surface area contributed by atoms with Crippen LogP contribution in [0, 0.1) is 34.5 Å². The van der Waals surface area contributed by atoms with Crippen LogP contribution < -0.4 is 0 Å². The van der Waals surface area contributed by atoms with E-state index in [-0.39, 0.29) is 34.7 Å². The largest absolute Gasteiger partial charge is 0.393 e. The second kappa shape index (κ2) is 5.53. The fraction of sp³-hybridized carbons (Fsp3) is 0.952. The summed E-state index contributed by atoms with van der Waals surface area (Å²) in [5.41, 5.74) is -1.45. The van der Waals surface area contributed by atoms with Crippen LogP contribution in [0.1, 0.15) is 72.1 Å². The van der Waals surface area contributed by atoms with Gasteiger partial charge in [0.2, 0.25) is 0 Å². The lowest BCUT2D eigenvalue weighted by Gasteiger charge is -2.62. The standard InChI is InChI=1S/C21H34O4/c1-12(22)21(25)9-6-16-14-11-18(24)17-10-13(23)4-7-19(17,2)15(14)5-8-20(16,21)3/h13-18,23-25H,4-11H2,1-3H3/t13-,14+,15-,16-,17+,18-,19+,20-,21-/m0/s1. The van der Waals surface area contributed by atoms with Crippen molar-refractivity contribution in [1.82, 2.24) is 0 Å². The van der Waals surface area contributed by atoms with E-state index in [1.165, 1.54) is 6.92 Å². The Bertz CT molecular complexity index is 576. The van der Waals surface area contributed by atoms with Crippen LogP contribution in [-0.2, 0) is 4.79 Å². The second-order valence-electron chi connectivity index (χ2n) is 10.1. The van der Waals surface area contributed by atoms with Crippen molar-refractivity contribution in [3.8, 4) is 0 Å². The van der Waals surface area contributed by atoms with E-state index in [4.69, 9.17) is 0 Å². The topological polar surface area (TPSA) is 77.8 Å². The molecule has 0 unspecified atom stereocenters. The Labute approximate surface area is 151 Å². The summed E-state index contributed by atoms with van der Waals surface area (Å²) in [5, 5.41) is 32.2. The van der Waals surface area contributed by atoms with Crippen molar-refractivity contribution >= 4 is 5.78 Å². The first kappa shape index (κ1) is 17.9. The SMILES string of the molecule is CC(=O)[C@@]1(O)CC[C@H]2[C@@H]3C[C@H](O)[C@H]4C[C@@H](O)CC[C@]4(C)[C@H]3CC[C@@]21C. The maximum atomic E-state index is 12.3. The van der Waals surface area contributed by atoms with Gasteiger partial charge in [-0.25, -0.2) is 0 Å². The molecule has 4 aliphatic rings. The van der Waals surface area contributed by atoms with E-state index in [1.807, 2.05) is 0 Å². The van der Waals surface area contributed by atoms with E-state index < -0.39 is 5.60 Å². The van der Waals surface area contributed by atoms with E-state index in [0.29, 0.717) is 24.2 Å². The van der Waals surface area contributed by atoms with Crippen LogP contribution in [-0.4, -0.2) is 38.9 Å². The lowest BCUT2D eigenvalue weighted by molar-refractivity contribution is -0.189. The van der Waals surface area contributed by atoms with Crippen molar-refractivity contribution in [2.45, 2.75) is 89.9 Å². The van der Waals surface area contributed by atoms with Crippen LogP contribution in [0.4, 0.5) is 0 Å². The molecule has 0 heterocycles. The first-order chi connectivity index (χ1) is 11.6. The highest BCUT2D eigenvalue weighted by Gasteiger charge is 2.67. The average molecular weight is 350 g/mol. The highest BCUT2D eigenvalue weighted by atomic mass is 16.3. The smallest absolute Gasteiger partial charge is 0.161 e. The van der Waals surface area contributed by atoms with Crippen LogP contribution in [0.2, 0.25) is 0 Å². The van der Waals surface area contributed by atoms with Gasteiger partial charge in [-0.15, -0.1) is 0 Å². The summed E-state index contributed by atoms with van der Waals surface area (Å²) in [6, 6.07) is 0. The number of hydrogen-bond acceptors (Lipinski definition) is 4. The molecular weight excluding hydrogens is 316 g/mol. The number of hydrogen-bond donors (Lipinski definition) is 3. The Balaban J connectivity index is 1.68. The van der Waals surface area contributed by atoms with Gasteiger partial charge in [0.25, 0.3) is 0 Å². The number of aliphatic hydroxyl groups is 3. The molecule has 0 saturated heterocycles. The normalized spacial score (nSPS) is 58.2. The van der Waals surface area contributed by atoms with E-state index >= 15 is 0 Å². The molecule has 0 aliphatic heterocycles. The molecule has 4 heteroatoms. The zero-order valence-corrected chi connectivity index (χ0v) is 15.9. The molecule has 4 fully saturated rings. The molecule has 0 aromatic rings. The number of aliphatic hydroxyl groups excluding tert-OH is 2. The third-order valence-corrected chi connectivity index (χ3v) is 9.39. The van der Waals surface area contributed by atoms with Crippen LogP contribution >= 0.6 is 0 Å². The Hall–Kier alpha value is -0.450.